The Hall–Kier alpha value is -2.08. The summed E-state index contributed by atoms with van der Waals surface area (Å²) >= 11 is 0. The summed E-state index contributed by atoms with van der Waals surface area (Å²) in [5.74, 6) is -0.771. The van der Waals surface area contributed by atoms with Crippen LogP contribution in [0.25, 0.3) is 0 Å². The maximum atomic E-state index is 11.4. The van der Waals surface area contributed by atoms with Crippen molar-refractivity contribution < 1.29 is 29.1 Å². The third kappa shape index (κ3) is 4.84. The van der Waals surface area contributed by atoms with Crippen molar-refractivity contribution >= 4 is 12.1 Å². The molecule has 0 radical (unpaired) electrons. The molecule has 0 bridgehead atoms. The molecule has 0 unspecified atom stereocenters. The molecule has 18 heavy (non-hydrogen) atoms. The first-order chi connectivity index (χ1) is 8.49. The lowest BCUT2D eigenvalue weighted by atomic mass is 10.2. The third-order valence-electron chi connectivity index (χ3n) is 1.83. The molecule has 0 saturated heterocycles. The lowest BCUT2D eigenvalue weighted by Crippen LogP contribution is -2.15. The molecule has 1 aromatic rings. The number of benzene rings is 1. The van der Waals surface area contributed by atoms with Crippen LogP contribution in [-0.2, 0) is 19.6 Å². The van der Waals surface area contributed by atoms with Crippen LogP contribution in [0.15, 0.2) is 24.3 Å². The minimum Gasteiger partial charge on any atom is -0.430 e. The van der Waals surface area contributed by atoms with E-state index in [-0.39, 0.29) is 11.7 Å². The largest absolute Gasteiger partial charge is 0.543 e. The molecule has 0 atom stereocenters. The molecule has 1 aromatic carbocycles. The molecule has 1 rings (SSSR count). The smallest absolute Gasteiger partial charge is 0.430 e. The van der Waals surface area contributed by atoms with Crippen molar-refractivity contribution in [3.63, 3.8) is 0 Å². The lowest BCUT2D eigenvalue weighted by molar-refractivity contribution is -0.452. The fourth-order valence-electron chi connectivity index (χ4n) is 1.03. The number of aryl methyl sites for hydroxylation is 1. The van der Waals surface area contributed by atoms with Gasteiger partial charge in [0.15, 0.2) is 0 Å². The Morgan fingerprint density at radius 3 is 2.22 bits per heavy atom. The molecule has 98 valence electrons. The normalized spacial score (nSPS) is 10.0. The molecule has 0 heterocycles. The molecule has 0 spiro atoms. The highest BCUT2D eigenvalue weighted by Crippen LogP contribution is 2.05. The molecule has 0 N–H and O–H groups in total. The highest BCUT2D eigenvalue weighted by atomic mass is 17.5. The van der Waals surface area contributed by atoms with Gasteiger partial charge in [0.1, 0.15) is 0 Å². The fraction of sp³-hybridized carbons (Fsp3) is 0.333. The maximum Gasteiger partial charge on any atom is 0.543 e. The minimum atomic E-state index is -1.08. The molecule has 6 nitrogen and oxygen atoms in total. The summed E-state index contributed by atoms with van der Waals surface area (Å²) in [6, 6.07) is 6.61. The first-order valence-corrected chi connectivity index (χ1v) is 5.32. The zero-order valence-corrected chi connectivity index (χ0v) is 10.3. The van der Waals surface area contributed by atoms with Crippen molar-refractivity contribution in [1.82, 2.24) is 0 Å². The molecule has 0 aromatic heterocycles. The van der Waals surface area contributed by atoms with Gasteiger partial charge in [0.05, 0.1) is 16.7 Å². The van der Waals surface area contributed by atoms with E-state index in [1.807, 2.05) is 6.92 Å². The monoisotopic (exact) mass is 254 g/mol. The van der Waals surface area contributed by atoms with Crippen molar-refractivity contribution in [2.24, 2.45) is 0 Å². The van der Waals surface area contributed by atoms with E-state index in [9.17, 15) is 9.59 Å². The molecular formula is C12H14O6. The van der Waals surface area contributed by atoms with Crippen molar-refractivity contribution in [3.8, 4) is 0 Å². The standard InChI is InChI=1S/C12H14O6/c1-8(2)15-12(14)17-18-16-11(13)10-6-4-9(3)5-7-10/h4-8H,1-3H3. The second kappa shape index (κ2) is 6.61. The van der Waals surface area contributed by atoms with Crippen LogP contribution in [0.4, 0.5) is 4.79 Å². The Morgan fingerprint density at radius 2 is 1.67 bits per heavy atom. The molecule has 0 aliphatic carbocycles. The van der Waals surface area contributed by atoms with Gasteiger partial charge in [-0.25, -0.2) is 14.5 Å². The van der Waals surface area contributed by atoms with Crippen molar-refractivity contribution in [3.05, 3.63) is 35.4 Å². The van der Waals surface area contributed by atoms with Gasteiger partial charge in [-0.05, 0) is 32.9 Å². The molecule has 0 aliphatic heterocycles. The van der Waals surface area contributed by atoms with Gasteiger partial charge in [0.25, 0.3) is 0 Å². The summed E-state index contributed by atoms with van der Waals surface area (Å²) in [5.41, 5.74) is 1.28. The number of carbonyl (C=O) groups excluding carboxylic acids is 2. The molecule has 0 saturated carbocycles. The number of rotatable bonds is 4. The van der Waals surface area contributed by atoms with E-state index >= 15 is 0 Å². The predicted octanol–water partition coefficient (Wildman–Crippen LogP) is 2.56. The highest BCUT2D eigenvalue weighted by Gasteiger charge is 2.12. The van der Waals surface area contributed by atoms with Crippen molar-refractivity contribution in [1.29, 1.82) is 0 Å². The second-order valence-corrected chi connectivity index (χ2v) is 3.80. The Labute approximate surface area is 104 Å². The van der Waals surface area contributed by atoms with Gasteiger partial charge in [-0.2, -0.15) is 0 Å². The molecule has 0 fully saturated rings. The van der Waals surface area contributed by atoms with E-state index in [4.69, 9.17) is 0 Å². The van der Waals surface area contributed by atoms with Gasteiger partial charge in [0.2, 0.25) is 0 Å². The highest BCUT2D eigenvalue weighted by molar-refractivity contribution is 5.88. The average molecular weight is 254 g/mol. The van der Waals surface area contributed by atoms with E-state index in [2.05, 4.69) is 19.6 Å². The first-order valence-electron chi connectivity index (χ1n) is 5.32. The predicted molar refractivity (Wildman–Crippen MR) is 60.4 cm³/mol. The topological polar surface area (TPSA) is 71.1 Å². The van der Waals surface area contributed by atoms with E-state index in [0.717, 1.165) is 5.56 Å². The van der Waals surface area contributed by atoms with E-state index in [0.29, 0.717) is 0 Å². The van der Waals surface area contributed by atoms with Gasteiger partial charge in [-0.3, -0.25) is 4.89 Å². The van der Waals surface area contributed by atoms with Crippen LogP contribution < -0.4 is 0 Å². The van der Waals surface area contributed by atoms with Crippen LogP contribution in [0.1, 0.15) is 29.8 Å². The van der Waals surface area contributed by atoms with Gasteiger partial charge in [-0.1, -0.05) is 17.7 Å². The maximum absolute atomic E-state index is 11.4. The summed E-state index contributed by atoms with van der Waals surface area (Å²) in [4.78, 5) is 30.6. The van der Waals surface area contributed by atoms with Gasteiger partial charge in [-0.15, -0.1) is 0 Å². The van der Waals surface area contributed by atoms with E-state index in [1.165, 1.54) is 0 Å². The van der Waals surface area contributed by atoms with E-state index < -0.39 is 12.1 Å². The van der Waals surface area contributed by atoms with E-state index in [1.54, 1.807) is 38.1 Å². The van der Waals surface area contributed by atoms with Gasteiger partial charge >= 0.3 is 12.1 Å². The third-order valence-corrected chi connectivity index (χ3v) is 1.83. The molecule has 0 amide bonds. The number of hydrogen-bond acceptors (Lipinski definition) is 6. The summed E-state index contributed by atoms with van der Waals surface area (Å²) in [7, 11) is 0. The average Bonchev–Trinajstić information content (AvgIpc) is 2.28. The van der Waals surface area contributed by atoms with Crippen molar-refractivity contribution in [2.45, 2.75) is 26.9 Å². The van der Waals surface area contributed by atoms with Crippen LogP contribution in [0.5, 0.6) is 0 Å². The Kier molecular flexibility index (Phi) is 5.13. The first kappa shape index (κ1) is 14.0. The van der Waals surface area contributed by atoms with Crippen LogP contribution in [0, 0.1) is 6.92 Å². The van der Waals surface area contributed by atoms with Crippen LogP contribution in [-0.4, -0.2) is 18.2 Å². The molecule has 6 heteroatoms. The Bertz CT molecular complexity index is 409. The quantitative estimate of drug-likeness (QED) is 0.467. The van der Waals surface area contributed by atoms with Crippen LogP contribution in [0.2, 0.25) is 0 Å². The zero-order valence-electron chi connectivity index (χ0n) is 10.3. The fourth-order valence-corrected chi connectivity index (χ4v) is 1.03. The van der Waals surface area contributed by atoms with Gasteiger partial charge < -0.3 is 4.74 Å². The molecule has 0 aliphatic rings. The number of carbonyl (C=O) groups is 2. The minimum absolute atomic E-state index is 0.279. The van der Waals surface area contributed by atoms with Crippen molar-refractivity contribution in [2.75, 3.05) is 0 Å². The van der Waals surface area contributed by atoms with Crippen LogP contribution in [0.3, 0.4) is 0 Å². The number of hydrogen-bond donors (Lipinski definition) is 0. The summed E-state index contributed by atoms with van der Waals surface area (Å²) < 4.78 is 4.58. The summed E-state index contributed by atoms with van der Waals surface area (Å²) in [6.07, 6.45) is -1.43. The number of ether oxygens (including phenoxy) is 1. The van der Waals surface area contributed by atoms with Gasteiger partial charge in [0, 0.05) is 0 Å². The van der Waals surface area contributed by atoms with Crippen LogP contribution >= 0.6 is 0 Å². The zero-order chi connectivity index (χ0) is 13.5. The SMILES string of the molecule is Cc1ccc(C(=O)OOOC(=O)OC(C)C)cc1. The summed E-state index contributed by atoms with van der Waals surface area (Å²) in [5, 5.41) is 4.02. The Balaban J connectivity index is 2.33. The Morgan fingerprint density at radius 1 is 1.06 bits per heavy atom. The summed E-state index contributed by atoms with van der Waals surface area (Å²) in [6.45, 7) is 5.16. The second-order valence-electron chi connectivity index (χ2n) is 3.80. The lowest BCUT2D eigenvalue weighted by Gasteiger charge is -2.06. The molecular weight excluding hydrogens is 240 g/mol.